The van der Waals surface area contributed by atoms with Gasteiger partial charge in [-0.15, -0.1) is 0 Å². The van der Waals surface area contributed by atoms with Crippen molar-refractivity contribution in [2.75, 3.05) is 44.8 Å². The summed E-state index contributed by atoms with van der Waals surface area (Å²) >= 11 is 0. The van der Waals surface area contributed by atoms with Gasteiger partial charge in [0, 0.05) is 32.7 Å². The van der Waals surface area contributed by atoms with Crippen LogP contribution in [0.5, 0.6) is 11.5 Å². The normalized spacial score (nSPS) is 17.2. The van der Waals surface area contributed by atoms with Gasteiger partial charge in [-0.1, -0.05) is 18.2 Å². The zero-order valence-electron chi connectivity index (χ0n) is 16.2. The lowest BCUT2D eigenvalue weighted by Gasteiger charge is -2.34. The van der Waals surface area contributed by atoms with E-state index in [2.05, 4.69) is 10.2 Å². The average molecular weight is 421 g/mol. The van der Waals surface area contributed by atoms with Crippen molar-refractivity contribution >= 4 is 11.6 Å². The van der Waals surface area contributed by atoms with Gasteiger partial charge in [-0.3, -0.25) is 14.6 Å². The highest BCUT2D eigenvalue weighted by atomic mass is 19.4. The SMILES string of the molecule is O=C(CN1CCN(Cc2ccc3c(c2)OCO3)CC1)Nc1ccccc1C(F)(F)F. The molecule has 160 valence electrons. The molecule has 2 aliphatic rings. The van der Waals surface area contributed by atoms with E-state index in [1.807, 2.05) is 23.1 Å². The molecule has 30 heavy (non-hydrogen) atoms. The zero-order chi connectivity index (χ0) is 21.1. The molecule has 2 aromatic rings. The Morgan fingerprint density at radius 3 is 2.43 bits per heavy atom. The third-order valence-corrected chi connectivity index (χ3v) is 5.18. The number of halogens is 3. The van der Waals surface area contributed by atoms with Gasteiger partial charge in [-0.05, 0) is 29.8 Å². The Morgan fingerprint density at radius 1 is 0.967 bits per heavy atom. The van der Waals surface area contributed by atoms with Gasteiger partial charge in [0.15, 0.2) is 11.5 Å². The van der Waals surface area contributed by atoms with Crippen LogP contribution in [0.4, 0.5) is 18.9 Å². The van der Waals surface area contributed by atoms with Gasteiger partial charge in [-0.2, -0.15) is 13.2 Å². The van der Waals surface area contributed by atoms with E-state index in [1.54, 1.807) is 0 Å². The van der Waals surface area contributed by atoms with Gasteiger partial charge in [0.05, 0.1) is 17.8 Å². The van der Waals surface area contributed by atoms with Crippen LogP contribution >= 0.6 is 0 Å². The van der Waals surface area contributed by atoms with Crippen molar-refractivity contribution in [2.24, 2.45) is 0 Å². The maximum Gasteiger partial charge on any atom is 0.418 e. The molecule has 4 rings (SSSR count). The smallest absolute Gasteiger partial charge is 0.418 e. The Labute approximate surface area is 172 Å². The third-order valence-electron chi connectivity index (χ3n) is 5.18. The minimum atomic E-state index is -4.51. The summed E-state index contributed by atoms with van der Waals surface area (Å²) in [5.74, 6) is 1.06. The zero-order valence-corrected chi connectivity index (χ0v) is 16.2. The maximum atomic E-state index is 13.1. The molecule has 0 unspecified atom stereocenters. The van der Waals surface area contributed by atoms with Crippen LogP contribution in [-0.2, 0) is 17.5 Å². The lowest BCUT2D eigenvalue weighted by molar-refractivity contribution is -0.137. The third kappa shape index (κ3) is 4.85. The van der Waals surface area contributed by atoms with E-state index in [1.165, 1.54) is 18.2 Å². The van der Waals surface area contributed by atoms with Crippen molar-refractivity contribution < 1.29 is 27.4 Å². The molecule has 2 aromatic carbocycles. The highest BCUT2D eigenvalue weighted by Crippen LogP contribution is 2.35. The summed E-state index contributed by atoms with van der Waals surface area (Å²) < 4.78 is 49.9. The molecule has 1 saturated heterocycles. The van der Waals surface area contributed by atoms with Gasteiger partial charge >= 0.3 is 6.18 Å². The van der Waals surface area contributed by atoms with Crippen molar-refractivity contribution in [3.8, 4) is 11.5 Å². The number of ether oxygens (including phenoxy) is 2. The average Bonchev–Trinajstić information content (AvgIpc) is 3.17. The number of rotatable bonds is 5. The Bertz CT molecular complexity index is 912. The molecule has 6 nitrogen and oxygen atoms in total. The van der Waals surface area contributed by atoms with Crippen molar-refractivity contribution in [3.63, 3.8) is 0 Å². The first kappa shape index (κ1) is 20.5. The van der Waals surface area contributed by atoms with E-state index >= 15 is 0 Å². The number of fused-ring (bicyclic) bond motifs is 1. The van der Waals surface area contributed by atoms with E-state index in [0.29, 0.717) is 13.1 Å². The molecule has 0 bridgehead atoms. The Hall–Kier alpha value is -2.78. The molecule has 0 saturated carbocycles. The summed E-state index contributed by atoms with van der Waals surface area (Å²) in [6, 6.07) is 10.9. The number of piperazine rings is 1. The molecule has 1 N–H and O–H groups in total. The first-order valence-electron chi connectivity index (χ1n) is 9.68. The summed E-state index contributed by atoms with van der Waals surface area (Å²) in [5, 5.41) is 2.40. The second kappa shape index (κ2) is 8.53. The van der Waals surface area contributed by atoms with E-state index in [0.717, 1.165) is 42.8 Å². The fourth-order valence-electron chi connectivity index (χ4n) is 3.64. The molecule has 0 spiro atoms. The number of carbonyl (C=O) groups excluding carboxylic acids is 1. The second-order valence-electron chi connectivity index (χ2n) is 7.33. The lowest BCUT2D eigenvalue weighted by atomic mass is 10.1. The molecule has 2 aliphatic heterocycles. The summed E-state index contributed by atoms with van der Waals surface area (Å²) in [7, 11) is 0. The summed E-state index contributed by atoms with van der Waals surface area (Å²) in [6.07, 6.45) is -4.51. The highest BCUT2D eigenvalue weighted by molar-refractivity contribution is 5.93. The van der Waals surface area contributed by atoms with E-state index in [9.17, 15) is 18.0 Å². The number of nitrogens with one attached hydrogen (secondary N) is 1. The quantitative estimate of drug-likeness (QED) is 0.804. The topological polar surface area (TPSA) is 54.0 Å². The number of anilines is 1. The van der Waals surface area contributed by atoms with Crippen LogP contribution in [0.3, 0.4) is 0 Å². The lowest BCUT2D eigenvalue weighted by Crippen LogP contribution is -2.48. The predicted octanol–water partition coefficient (Wildman–Crippen LogP) is 3.19. The van der Waals surface area contributed by atoms with E-state index < -0.39 is 17.6 Å². The molecule has 0 aliphatic carbocycles. The molecule has 1 fully saturated rings. The molecule has 0 atom stereocenters. The number of hydrogen-bond donors (Lipinski definition) is 1. The number of para-hydroxylation sites is 1. The number of nitrogens with zero attached hydrogens (tertiary/aromatic N) is 2. The number of benzene rings is 2. The minimum absolute atomic E-state index is 0.0596. The van der Waals surface area contributed by atoms with Crippen LogP contribution in [0.15, 0.2) is 42.5 Å². The van der Waals surface area contributed by atoms with Crippen LogP contribution in [0.25, 0.3) is 0 Å². The fourth-order valence-corrected chi connectivity index (χ4v) is 3.64. The van der Waals surface area contributed by atoms with Crippen LogP contribution in [-0.4, -0.2) is 55.2 Å². The van der Waals surface area contributed by atoms with Crippen LogP contribution in [0.2, 0.25) is 0 Å². The van der Waals surface area contributed by atoms with Crippen LogP contribution in [0, 0.1) is 0 Å². The van der Waals surface area contributed by atoms with Crippen molar-refractivity contribution in [1.82, 2.24) is 9.80 Å². The molecule has 9 heteroatoms. The van der Waals surface area contributed by atoms with Crippen LogP contribution in [0.1, 0.15) is 11.1 Å². The molecule has 1 amide bonds. The standard InChI is InChI=1S/C21H22F3N3O3/c22-21(23,24)16-3-1-2-4-17(16)25-20(28)13-27-9-7-26(8-10-27)12-15-5-6-18-19(11-15)30-14-29-18/h1-6,11H,7-10,12-14H2,(H,25,28). The largest absolute Gasteiger partial charge is 0.454 e. The van der Waals surface area contributed by atoms with Crippen LogP contribution < -0.4 is 14.8 Å². The van der Waals surface area contributed by atoms with Crippen molar-refractivity contribution in [3.05, 3.63) is 53.6 Å². The second-order valence-corrected chi connectivity index (χ2v) is 7.33. The van der Waals surface area contributed by atoms with E-state index in [-0.39, 0.29) is 19.0 Å². The fraction of sp³-hybridized carbons (Fsp3) is 0.381. The van der Waals surface area contributed by atoms with E-state index in [4.69, 9.17) is 9.47 Å². The van der Waals surface area contributed by atoms with Gasteiger partial charge in [0.2, 0.25) is 12.7 Å². The number of amides is 1. The first-order valence-corrected chi connectivity index (χ1v) is 9.68. The molecule has 0 aromatic heterocycles. The minimum Gasteiger partial charge on any atom is -0.454 e. The maximum absolute atomic E-state index is 13.1. The number of hydrogen-bond acceptors (Lipinski definition) is 5. The number of alkyl halides is 3. The van der Waals surface area contributed by atoms with Gasteiger partial charge in [0.25, 0.3) is 0 Å². The Balaban J connectivity index is 1.26. The summed E-state index contributed by atoms with van der Waals surface area (Å²) in [6.45, 7) is 3.92. The predicted molar refractivity (Wildman–Crippen MR) is 104 cm³/mol. The Kier molecular flexibility index (Phi) is 5.83. The monoisotopic (exact) mass is 421 g/mol. The highest BCUT2D eigenvalue weighted by Gasteiger charge is 2.33. The number of carbonyl (C=O) groups is 1. The summed E-state index contributed by atoms with van der Waals surface area (Å²) in [5.41, 5.74) is 0.0672. The van der Waals surface area contributed by atoms with Crippen molar-refractivity contribution in [1.29, 1.82) is 0 Å². The van der Waals surface area contributed by atoms with Gasteiger partial charge < -0.3 is 14.8 Å². The van der Waals surface area contributed by atoms with Gasteiger partial charge in [-0.25, -0.2) is 0 Å². The molecular formula is C21H22F3N3O3. The first-order chi connectivity index (χ1) is 14.4. The van der Waals surface area contributed by atoms with Crippen molar-refractivity contribution in [2.45, 2.75) is 12.7 Å². The molecule has 0 radical (unpaired) electrons. The Morgan fingerprint density at radius 2 is 1.67 bits per heavy atom. The molecular weight excluding hydrogens is 399 g/mol. The van der Waals surface area contributed by atoms with Gasteiger partial charge in [0.1, 0.15) is 0 Å². The summed E-state index contributed by atoms with van der Waals surface area (Å²) in [4.78, 5) is 16.5. The molecule has 2 heterocycles.